The van der Waals surface area contributed by atoms with Crippen molar-refractivity contribution in [1.82, 2.24) is 4.90 Å². The third kappa shape index (κ3) is 4.42. The van der Waals surface area contributed by atoms with Gasteiger partial charge in [-0.2, -0.15) is 0 Å². The van der Waals surface area contributed by atoms with E-state index in [4.69, 9.17) is 23.8 Å². The molecule has 3 rings (SSSR count). The highest BCUT2D eigenvalue weighted by atomic mass is 35.5. The van der Waals surface area contributed by atoms with Crippen LogP contribution in [0, 0.1) is 0 Å². The van der Waals surface area contributed by atoms with Crippen LogP contribution in [0.3, 0.4) is 0 Å². The topological polar surface area (TPSA) is 40.5 Å². The Kier molecular flexibility index (Phi) is 5.78. The van der Waals surface area contributed by atoms with Crippen molar-refractivity contribution < 1.29 is 9.90 Å². The van der Waals surface area contributed by atoms with Gasteiger partial charge in [-0.3, -0.25) is 9.69 Å². The first kappa shape index (κ1) is 18.0. The molecule has 1 aliphatic rings. The van der Waals surface area contributed by atoms with Gasteiger partial charge in [0.25, 0.3) is 5.91 Å². The van der Waals surface area contributed by atoms with Gasteiger partial charge < -0.3 is 5.11 Å². The predicted molar refractivity (Wildman–Crippen MR) is 108 cm³/mol. The number of thiocarbonyl (C=S) groups is 1. The van der Waals surface area contributed by atoms with Crippen molar-refractivity contribution in [2.45, 2.75) is 12.8 Å². The van der Waals surface area contributed by atoms with E-state index in [9.17, 15) is 9.90 Å². The van der Waals surface area contributed by atoms with Gasteiger partial charge in [-0.1, -0.05) is 72.0 Å². The predicted octanol–water partition coefficient (Wildman–Crippen LogP) is 4.88. The van der Waals surface area contributed by atoms with Crippen molar-refractivity contribution >= 4 is 51.9 Å². The van der Waals surface area contributed by atoms with Crippen LogP contribution in [0.2, 0.25) is 5.02 Å². The molecule has 1 heterocycles. The van der Waals surface area contributed by atoms with E-state index in [0.29, 0.717) is 15.8 Å². The van der Waals surface area contributed by atoms with E-state index in [2.05, 4.69) is 12.1 Å². The number of rotatable bonds is 5. The molecule has 3 nitrogen and oxygen atoms in total. The van der Waals surface area contributed by atoms with Gasteiger partial charge in [-0.25, -0.2) is 0 Å². The highest BCUT2D eigenvalue weighted by Gasteiger charge is 2.31. The summed E-state index contributed by atoms with van der Waals surface area (Å²) < 4.78 is 0.578. The molecule has 0 bridgehead atoms. The van der Waals surface area contributed by atoms with E-state index >= 15 is 0 Å². The average Bonchev–Trinajstić information content (AvgIpc) is 2.86. The molecule has 1 amide bonds. The minimum atomic E-state index is -0.0766. The number of nitrogens with zero attached hydrogens (tertiary/aromatic N) is 1. The number of thioether (sulfide) groups is 1. The standard InChI is InChI=1S/C19H16ClNO2S2/c20-15-11-14(8-9-16(15)22)12-17-18(23)21(19(24)25-17)10-4-7-13-5-2-1-3-6-13/h1-3,5-6,8-9,11-12,22H,4,7,10H2/b17-12-. The molecule has 25 heavy (non-hydrogen) atoms. The maximum Gasteiger partial charge on any atom is 0.266 e. The van der Waals surface area contributed by atoms with Crippen molar-refractivity contribution in [1.29, 1.82) is 0 Å². The van der Waals surface area contributed by atoms with Gasteiger partial charge in [0.2, 0.25) is 0 Å². The number of aromatic hydroxyl groups is 1. The fourth-order valence-electron chi connectivity index (χ4n) is 2.54. The number of benzene rings is 2. The van der Waals surface area contributed by atoms with E-state index in [1.807, 2.05) is 18.2 Å². The number of amides is 1. The smallest absolute Gasteiger partial charge is 0.266 e. The van der Waals surface area contributed by atoms with Crippen LogP contribution in [-0.4, -0.2) is 26.8 Å². The zero-order valence-electron chi connectivity index (χ0n) is 13.3. The van der Waals surface area contributed by atoms with Gasteiger partial charge >= 0.3 is 0 Å². The van der Waals surface area contributed by atoms with Crippen LogP contribution in [0.1, 0.15) is 17.5 Å². The van der Waals surface area contributed by atoms with Crippen LogP contribution in [0.4, 0.5) is 0 Å². The molecule has 0 saturated carbocycles. The molecule has 1 N–H and O–H groups in total. The second-order valence-electron chi connectivity index (χ2n) is 5.63. The van der Waals surface area contributed by atoms with Gasteiger partial charge in [0.1, 0.15) is 10.1 Å². The molecule has 1 fully saturated rings. The molecular formula is C19H16ClNO2S2. The summed E-state index contributed by atoms with van der Waals surface area (Å²) in [6.45, 7) is 0.604. The van der Waals surface area contributed by atoms with Crippen LogP contribution >= 0.6 is 35.6 Å². The number of phenols is 1. The number of hydrogen-bond donors (Lipinski definition) is 1. The summed E-state index contributed by atoms with van der Waals surface area (Å²) in [7, 11) is 0. The average molecular weight is 390 g/mol. The van der Waals surface area contributed by atoms with Gasteiger partial charge in [-0.05, 0) is 42.2 Å². The third-order valence-electron chi connectivity index (χ3n) is 3.83. The minimum Gasteiger partial charge on any atom is -0.506 e. The zero-order chi connectivity index (χ0) is 17.8. The Morgan fingerprint density at radius 3 is 2.68 bits per heavy atom. The van der Waals surface area contributed by atoms with E-state index < -0.39 is 0 Å². The Bertz CT molecular complexity index is 837. The first-order valence-corrected chi connectivity index (χ1v) is 9.42. The molecule has 0 aliphatic carbocycles. The maximum absolute atomic E-state index is 12.6. The molecular weight excluding hydrogens is 374 g/mol. The van der Waals surface area contributed by atoms with Gasteiger partial charge in [0.15, 0.2) is 0 Å². The lowest BCUT2D eigenvalue weighted by Crippen LogP contribution is -2.29. The van der Waals surface area contributed by atoms with Crippen molar-refractivity contribution in [2.24, 2.45) is 0 Å². The summed E-state index contributed by atoms with van der Waals surface area (Å²) in [4.78, 5) is 14.8. The molecule has 1 aliphatic heterocycles. The lowest BCUT2D eigenvalue weighted by Gasteiger charge is -2.14. The Balaban J connectivity index is 1.65. The van der Waals surface area contributed by atoms with Crippen molar-refractivity contribution in [3.05, 3.63) is 69.6 Å². The Hall–Kier alpha value is -1.82. The van der Waals surface area contributed by atoms with Crippen molar-refractivity contribution in [3.8, 4) is 5.75 Å². The Morgan fingerprint density at radius 1 is 1.20 bits per heavy atom. The van der Waals surface area contributed by atoms with Gasteiger partial charge in [0, 0.05) is 6.54 Å². The number of halogens is 1. The minimum absolute atomic E-state index is 0.0206. The fraction of sp³-hybridized carbons (Fsp3) is 0.158. The number of phenolic OH excluding ortho intramolecular Hbond substituents is 1. The van der Waals surface area contributed by atoms with Crippen molar-refractivity contribution in [2.75, 3.05) is 6.54 Å². The first-order valence-electron chi connectivity index (χ1n) is 7.82. The first-order chi connectivity index (χ1) is 12.0. The second-order valence-corrected chi connectivity index (χ2v) is 7.72. The number of hydrogen-bond acceptors (Lipinski definition) is 4. The molecule has 0 unspecified atom stereocenters. The quantitative estimate of drug-likeness (QED) is 0.584. The Morgan fingerprint density at radius 2 is 1.96 bits per heavy atom. The number of carbonyl (C=O) groups is 1. The monoisotopic (exact) mass is 389 g/mol. The van der Waals surface area contributed by atoms with Crippen LogP contribution in [0.25, 0.3) is 6.08 Å². The largest absolute Gasteiger partial charge is 0.506 e. The van der Waals surface area contributed by atoms with Crippen LogP contribution in [0.5, 0.6) is 5.75 Å². The highest BCUT2D eigenvalue weighted by Crippen LogP contribution is 2.34. The maximum atomic E-state index is 12.6. The van der Waals surface area contributed by atoms with Crippen LogP contribution in [-0.2, 0) is 11.2 Å². The summed E-state index contributed by atoms with van der Waals surface area (Å²) in [5.41, 5.74) is 2.01. The van der Waals surface area contributed by atoms with E-state index in [0.717, 1.165) is 18.4 Å². The molecule has 1 saturated heterocycles. The molecule has 0 aromatic heterocycles. The van der Waals surface area contributed by atoms with Crippen LogP contribution < -0.4 is 0 Å². The molecule has 0 radical (unpaired) electrons. The molecule has 0 spiro atoms. The van der Waals surface area contributed by atoms with Crippen molar-refractivity contribution in [3.63, 3.8) is 0 Å². The summed E-state index contributed by atoms with van der Waals surface area (Å²) >= 11 is 12.6. The third-order valence-corrected chi connectivity index (χ3v) is 5.51. The second kappa shape index (κ2) is 8.04. The summed E-state index contributed by atoms with van der Waals surface area (Å²) in [5.74, 6) is -0.0560. The number of aryl methyl sites for hydroxylation is 1. The molecule has 6 heteroatoms. The van der Waals surface area contributed by atoms with Gasteiger partial charge in [-0.15, -0.1) is 0 Å². The summed E-state index contributed by atoms with van der Waals surface area (Å²) in [6.07, 6.45) is 3.51. The molecule has 128 valence electrons. The Labute approximate surface area is 161 Å². The van der Waals surface area contributed by atoms with Crippen LogP contribution in [0.15, 0.2) is 53.4 Å². The molecule has 2 aromatic carbocycles. The van der Waals surface area contributed by atoms with E-state index in [1.165, 1.54) is 23.4 Å². The van der Waals surface area contributed by atoms with E-state index in [1.54, 1.807) is 23.1 Å². The molecule has 2 aromatic rings. The van der Waals surface area contributed by atoms with Gasteiger partial charge in [0.05, 0.1) is 9.93 Å². The summed E-state index contributed by atoms with van der Waals surface area (Å²) in [6, 6.07) is 15.0. The number of carbonyl (C=O) groups excluding carboxylic acids is 1. The summed E-state index contributed by atoms with van der Waals surface area (Å²) in [5, 5.41) is 9.73. The zero-order valence-corrected chi connectivity index (χ0v) is 15.7. The fourth-order valence-corrected chi connectivity index (χ4v) is 4.04. The highest BCUT2D eigenvalue weighted by molar-refractivity contribution is 8.26. The SMILES string of the molecule is O=C1/C(=C/c2ccc(O)c(Cl)c2)SC(=S)N1CCCc1ccccc1. The van der Waals surface area contributed by atoms with E-state index in [-0.39, 0.29) is 16.7 Å². The lowest BCUT2D eigenvalue weighted by atomic mass is 10.1. The lowest BCUT2D eigenvalue weighted by molar-refractivity contribution is -0.122. The molecule has 0 atom stereocenters. The normalized spacial score (nSPS) is 16.0.